The standard InChI is InChI=1S/C14H20BrN3O/c1-4-19-8-13(9(2)3)18-12-7-10(15)5-6-11(12)17-14(18)16/h5-7,9,13H,4,8H2,1-3H3,(H2,16,17). The van der Waals surface area contributed by atoms with Crippen LogP contribution in [0.15, 0.2) is 22.7 Å². The number of ether oxygens (including phenoxy) is 1. The number of nitrogens with two attached hydrogens (primary N) is 1. The number of imidazole rings is 1. The summed E-state index contributed by atoms with van der Waals surface area (Å²) in [4.78, 5) is 4.43. The van der Waals surface area contributed by atoms with E-state index in [1.54, 1.807) is 0 Å². The van der Waals surface area contributed by atoms with E-state index in [0.717, 1.165) is 15.5 Å². The molecule has 0 fully saturated rings. The van der Waals surface area contributed by atoms with Gasteiger partial charge in [0.15, 0.2) is 0 Å². The van der Waals surface area contributed by atoms with Gasteiger partial charge in [-0.25, -0.2) is 4.98 Å². The number of anilines is 1. The molecule has 0 bridgehead atoms. The van der Waals surface area contributed by atoms with Crippen molar-refractivity contribution in [2.45, 2.75) is 26.8 Å². The molecule has 0 saturated heterocycles. The molecule has 0 radical (unpaired) electrons. The van der Waals surface area contributed by atoms with E-state index in [4.69, 9.17) is 10.5 Å². The van der Waals surface area contributed by atoms with Gasteiger partial charge < -0.3 is 15.0 Å². The number of nitrogens with zero attached hydrogens (tertiary/aromatic N) is 2. The summed E-state index contributed by atoms with van der Waals surface area (Å²) in [6, 6.07) is 6.20. The molecule has 104 valence electrons. The first kappa shape index (κ1) is 14.3. The van der Waals surface area contributed by atoms with Gasteiger partial charge in [0.2, 0.25) is 5.95 Å². The van der Waals surface area contributed by atoms with Gasteiger partial charge >= 0.3 is 0 Å². The van der Waals surface area contributed by atoms with Crippen LogP contribution in [0.3, 0.4) is 0 Å². The van der Waals surface area contributed by atoms with Gasteiger partial charge in [0, 0.05) is 11.1 Å². The highest BCUT2D eigenvalue weighted by Gasteiger charge is 2.21. The summed E-state index contributed by atoms with van der Waals surface area (Å²) in [5.74, 6) is 0.969. The van der Waals surface area contributed by atoms with E-state index in [-0.39, 0.29) is 6.04 Å². The minimum atomic E-state index is 0.194. The maximum Gasteiger partial charge on any atom is 0.201 e. The SMILES string of the molecule is CCOCC(C(C)C)n1c(N)nc2ccc(Br)cc21. The first-order chi connectivity index (χ1) is 9.04. The van der Waals surface area contributed by atoms with Crippen molar-refractivity contribution >= 4 is 32.9 Å². The Labute approximate surface area is 122 Å². The number of fused-ring (bicyclic) bond motifs is 1. The van der Waals surface area contributed by atoms with Crippen LogP contribution in [0.4, 0.5) is 5.95 Å². The maximum absolute atomic E-state index is 6.09. The zero-order valence-electron chi connectivity index (χ0n) is 11.6. The number of aromatic nitrogens is 2. The minimum absolute atomic E-state index is 0.194. The summed E-state index contributed by atoms with van der Waals surface area (Å²) in [5.41, 5.74) is 8.06. The van der Waals surface area contributed by atoms with Gasteiger partial charge in [0.05, 0.1) is 23.7 Å². The largest absolute Gasteiger partial charge is 0.380 e. The summed E-state index contributed by atoms with van der Waals surface area (Å²) in [7, 11) is 0. The average Bonchev–Trinajstić information content (AvgIpc) is 2.66. The number of hydrogen-bond acceptors (Lipinski definition) is 3. The molecular weight excluding hydrogens is 306 g/mol. The molecule has 2 aromatic rings. The molecule has 0 saturated carbocycles. The second-order valence-electron chi connectivity index (χ2n) is 4.94. The van der Waals surface area contributed by atoms with Gasteiger partial charge in [-0.05, 0) is 31.0 Å². The van der Waals surface area contributed by atoms with Crippen molar-refractivity contribution < 1.29 is 4.74 Å². The number of benzene rings is 1. The highest BCUT2D eigenvalue weighted by atomic mass is 79.9. The second-order valence-corrected chi connectivity index (χ2v) is 5.86. The molecule has 0 aliphatic heterocycles. The van der Waals surface area contributed by atoms with Crippen LogP contribution in [0.2, 0.25) is 0 Å². The predicted octanol–water partition coefficient (Wildman–Crippen LogP) is 3.61. The Hall–Kier alpha value is -1.07. The topological polar surface area (TPSA) is 53.1 Å². The monoisotopic (exact) mass is 325 g/mol. The van der Waals surface area contributed by atoms with Crippen LogP contribution in [0.25, 0.3) is 11.0 Å². The van der Waals surface area contributed by atoms with Gasteiger partial charge in [-0.3, -0.25) is 0 Å². The lowest BCUT2D eigenvalue weighted by Gasteiger charge is -2.24. The highest BCUT2D eigenvalue weighted by Crippen LogP contribution is 2.29. The molecule has 0 spiro atoms. The van der Waals surface area contributed by atoms with E-state index < -0.39 is 0 Å². The van der Waals surface area contributed by atoms with Gasteiger partial charge in [0.25, 0.3) is 0 Å². The van der Waals surface area contributed by atoms with Crippen LogP contribution in [0.5, 0.6) is 0 Å². The fourth-order valence-electron chi connectivity index (χ4n) is 2.24. The zero-order chi connectivity index (χ0) is 14.0. The Kier molecular flexibility index (Phi) is 4.47. The van der Waals surface area contributed by atoms with Crippen molar-refractivity contribution in [2.24, 2.45) is 5.92 Å². The van der Waals surface area contributed by atoms with Gasteiger partial charge in [-0.15, -0.1) is 0 Å². The van der Waals surface area contributed by atoms with E-state index in [0.29, 0.717) is 25.1 Å². The normalized spacial score (nSPS) is 13.3. The quantitative estimate of drug-likeness (QED) is 0.913. The maximum atomic E-state index is 6.09. The molecular formula is C14H20BrN3O. The summed E-state index contributed by atoms with van der Waals surface area (Å²) in [5, 5.41) is 0. The molecule has 0 aliphatic carbocycles. The number of hydrogen-bond donors (Lipinski definition) is 1. The first-order valence-corrected chi connectivity index (χ1v) is 7.34. The van der Waals surface area contributed by atoms with Crippen molar-refractivity contribution in [3.8, 4) is 0 Å². The van der Waals surface area contributed by atoms with Gasteiger partial charge in [-0.2, -0.15) is 0 Å². The van der Waals surface area contributed by atoms with Crippen LogP contribution < -0.4 is 5.73 Å². The summed E-state index contributed by atoms with van der Waals surface area (Å²) in [6.45, 7) is 7.71. The van der Waals surface area contributed by atoms with Crippen molar-refractivity contribution in [3.05, 3.63) is 22.7 Å². The molecule has 4 nitrogen and oxygen atoms in total. The highest BCUT2D eigenvalue weighted by molar-refractivity contribution is 9.10. The Morgan fingerprint density at radius 2 is 2.16 bits per heavy atom. The van der Waals surface area contributed by atoms with Gasteiger partial charge in [0.1, 0.15) is 0 Å². The van der Waals surface area contributed by atoms with E-state index in [1.165, 1.54) is 0 Å². The third-order valence-corrected chi connectivity index (χ3v) is 3.77. The van der Waals surface area contributed by atoms with E-state index in [9.17, 15) is 0 Å². The fraction of sp³-hybridized carbons (Fsp3) is 0.500. The summed E-state index contributed by atoms with van der Waals surface area (Å²) in [6.07, 6.45) is 0. The molecule has 1 heterocycles. The molecule has 5 heteroatoms. The summed E-state index contributed by atoms with van der Waals surface area (Å²) < 4.78 is 8.71. The van der Waals surface area contributed by atoms with E-state index in [1.807, 2.05) is 19.1 Å². The van der Waals surface area contributed by atoms with Crippen molar-refractivity contribution in [3.63, 3.8) is 0 Å². The lowest BCUT2D eigenvalue weighted by atomic mass is 10.0. The molecule has 19 heavy (non-hydrogen) atoms. The Morgan fingerprint density at radius 3 is 2.79 bits per heavy atom. The number of rotatable bonds is 5. The molecule has 1 aromatic heterocycles. The van der Waals surface area contributed by atoms with Crippen molar-refractivity contribution in [1.82, 2.24) is 9.55 Å². The predicted molar refractivity (Wildman–Crippen MR) is 82.2 cm³/mol. The van der Waals surface area contributed by atoms with Gasteiger partial charge in [-0.1, -0.05) is 29.8 Å². The zero-order valence-corrected chi connectivity index (χ0v) is 13.1. The lowest BCUT2D eigenvalue weighted by Crippen LogP contribution is -2.22. The molecule has 0 amide bonds. The molecule has 1 atom stereocenters. The van der Waals surface area contributed by atoms with Crippen LogP contribution in [0.1, 0.15) is 26.8 Å². The average molecular weight is 326 g/mol. The second kappa shape index (κ2) is 5.92. The number of halogens is 1. The summed E-state index contributed by atoms with van der Waals surface area (Å²) >= 11 is 3.50. The lowest BCUT2D eigenvalue weighted by molar-refractivity contribution is 0.0987. The molecule has 2 rings (SSSR count). The fourth-order valence-corrected chi connectivity index (χ4v) is 2.59. The minimum Gasteiger partial charge on any atom is -0.380 e. The van der Waals surface area contributed by atoms with E-state index >= 15 is 0 Å². The third kappa shape index (κ3) is 2.92. The van der Waals surface area contributed by atoms with E-state index in [2.05, 4.69) is 45.4 Å². The third-order valence-electron chi connectivity index (χ3n) is 3.27. The van der Waals surface area contributed by atoms with Crippen LogP contribution in [0, 0.1) is 5.92 Å². The molecule has 0 aliphatic rings. The first-order valence-electron chi connectivity index (χ1n) is 6.55. The Bertz CT molecular complexity index is 565. The van der Waals surface area contributed by atoms with Crippen LogP contribution in [-0.4, -0.2) is 22.8 Å². The smallest absolute Gasteiger partial charge is 0.201 e. The van der Waals surface area contributed by atoms with Crippen molar-refractivity contribution in [1.29, 1.82) is 0 Å². The Balaban J connectivity index is 2.51. The number of nitrogen functional groups attached to an aromatic ring is 1. The molecule has 1 unspecified atom stereocenters. The molecule has 1 aromatic carbocycles. The van der Waals surface area contributed by atoms with Crippen LogP contribution in [-0.2, 0) is 4.74 Å². The Morgan fingerprint density at radius 1 is 1.42 bits per heavy atom. The van der Waals surface area contributed by atoms with Crippen LogP contribution >= 0.6 is 15.9 Å². The van der Waals surface area contributed by atoms with Crippen molar-refractivity contribution in [2.75, 3.05) is 18.9 Å². The molecule has 2 N–H and O–H groups in total.